The summed E-state index contributed by atoms with van der Waals surface area (Å²) >= 11 is 0. The molecule has 1 fully saturated rings. The number of ether oxygens (including phenoxy) is 1. The Morgan fingerprint density at radius 2 is 1.80 bits per heavy atom. The van der Waals surface area contributed by atoms with Gasteiger partial charge in [-0.25, -0.2) is 36.5 Å². The molecule has 238 valence electrons. The predicted molar refractivity (Wildman–Crippen MR) is 147 cm³/mol. The van der Waals surface area contributed by atoms with Crippen LogP contribution < -0.4 is 20.1 Å². The zero-order valence-electron chi connectivity index (χ0n) is 22.7. The molecule has 1 aliphatic heterocycles. The second kappa shape index (κ2) is 12.8. The Bertz CT molecular complexity index is 1790. The van der Waals surface area contributed by atoms with Crippen LogP contribution in [0, 0.1) is 17.5 Å². The summed E-state index contributed by atoms with van der Waals surface area (Å²) in [6, 6.07) is 5.91. The highest BCUT2D eigenvalue weighted by Crippen LogP contribution is 2.36. The molecule has 1 aromatic carbocycles. The van der Waals surface area contributed by atoms with Gasteiger partial charge in [0.1, 0.15) is 17.6 Å². The Hall–Kier alpha value is -4.58. The molecule has 2 atom stereocenters. The summed E-state index contributed by atoms with van der Waals surface area (Å²) in [6.07, 6.45) is -2.28. The van der Waals surface area contributed by atoms with Gasteiger partial charge in [-0.3, -0.25) is 9.71 Å². The first-order valence-corrected chi connectivity index (χ1v) is 14.7. The third kappa shape index (κ3) is 7.75. The van der Waals surface area contributed by atoms with E-state index in [9.17, 15) is 34.8 Å². The summed E-state index contributed by atoms with van der Waals surface area (Å²) < 4.78 is 129. The van der Waals surface area contributed by atoms with Crippen molar-refractivity contribution in [3.8, 4) is 22.9 Å². The Balaban J connectivity index is 1.35. The molecule has 0 aliphatic carbocycles. The summed E-state index contributed by atoms with van der Waals surface area (Å²) in [5.74, 6) is -7.43. The number of piperidine rings is 1. The van der Waals surface area contributed by atoms with Crippen molar-refractivity contribution >= 4 is 21.7 Å². The number of sulfonamides is 1. The molecule has 45 heavy (non-hydrogen) atoms. The molecule has 3 aromatic heterocycles. The fraction of sp³-hybridized carbons (Fsp3) is 0.259. The molecule has 1 saturated heterocycles. The summed E-state index contributed by atoms with van der Waals surface area (Å²) in [7, 11) is -4.65. The molecule has 0 unspecified atom stereocenters. The lowest BCUT2D eigenvalue weighted by molar-refractivity contribution is -0.141. The van der Waals surface area contributed by atoms with Gasteiger partial charge < -0.3 is 15.4 Å². The number of hydrogen-bond acceptors (Lipinski definition) is 9. The van der Waals surface area contributed by atoms with E-state index in [0.29, 0.717) is 24.9 Å². The average molecular weight is 658 g/mol. The molecule has 0 radical (unpaired) electrons. The van der Waals surface area contributed by atoms with Crippen LogP contribution in [-0.2, 0) is 22.0 Å². The molecule has 5 rings (SSSR count). The maximum atomic E-state index is 15.1. The van der Waals surface area contributed by atoms with Crippen LogP contribution in [0.1, 0.15) is 17.7 Å². The zero-order valence-corrected chi connectivity index (χ0v) is 23.6. The molecule has 3 N–H and O–H groups in total. The smallest absolute Gasteiger partial charge is 0.433 e. The molecule has 4 heterocycles. The van der Waals surface area contributed by atoms with Gasteiger partial charge in [0.15, 0.2) is 17.4 Å². The van der Waals surface area contributed by atoms with Crippen LogP contribution in [0.15, 0.2) is 55.0 Å². The fourth-order valence-electron chi connectivity index (χ4n) is 4.36. The second-order valence-electron chi connectivity index (χ2n) is 9.83. The van der Waals surface area contributed by atoms with Crippen molar-refractivity contribution < 1.29 is 43.9 Å². The highest BCUT2D eigenvalue weighted by atomic mass is 32.2. The predicted octanol–water partition coefficient (Wildman–Crippen LogP) is 5.22. The molecule has 1 aliphatic rings. The van der Waals surface area contributed by atoms with Crippen LogP contribution >= 0.6 is 0 Å². The normalized spacial score (nSPS) is 17.1. The number of halogens is 7. The number of nitrogens with one attached hydrogen (secondary N) is 3. The van der Waals surface area contributed by atoms with Crippen molar-refractivity contribution in [3.05, 3.63) is 83.7 Å². The van der Waals surface area contributed by atoms with Gasteiger partial charge in [-0.05, 0) is 29.8 Å². The molecule has 4 aromatic rings. The van der Waals surface area contributed by atoms with Gasteiger partial charge in [0.05, 0.1) is 17.0 Å². The first-order valence-electron chi connectivity index (χ1n) is 13.1. The summed E-state index contributed by atoms with van der Waals surface area (Å²) in [6.45, 7) is 0.713. The maximum Gasteiger partial charge on any atom is 0.433 e. The summed E-state index contributed by atoms with van der Waals surface area (Å²) in [4.78, 5) is 15.6. The van der Waals surface area contributed by atoms with Crippen molar-refractivity contribution in [2.45, 2.75) is 30.6 Å². The van der Waals surface area contributed by atoms with E-state index in [1.165, 1.54) is 30.6 Å². The number of anilines is 2. The number of benzene rings is 1. The first kappa shape index (κ1) is 31.8. The highest BCUT2D eigenvalue weighted by Gasteiger charge is 2.32. The van der Waals surface area contributed by atoms with Crippen LogP contribution in [-0.4, -0.2) is 53.7 Å². The van der Waals surface area contributed by atoms with Gasteiger partial charge in [0.2, 0.25) is 27.7 Å². The standard InChI is InChI=1S/C27H22F7N7O3S/c28-15-8-16(12-35-11-15)39-26-37-7-5-19(40-26)17-2-1-6-36-25(17)44-20-9-18(29)24(23(31)22(20)30)41-45(42,43)13-14-3-4-21(38-10-14)27(32,33)34/h1-7,9-10,15-16,35,41H,8,11-13H2,(H,37,39,40)/t15-,16-/m0/s1. The minimum absolute atomic E-state index is 0.148. The van der Waals surface area contributed by atoms with Gasteiger partial charge in [0, 0.05) is 50.2 Å². The minimum Gasteiger partial charge on any atom is -0.435 e. The molecule has 0 saturated carbocycles. The van der Waals surface area contributed by atoms with Gasteiger partial charge in [-0.1, -0.05) is 6.07 Å². The lowest BCUT2D eigenvalue weighted by atomic mass is 10.1. The minimum atomic E-state index is -4.76. The number of pyridine rings is 2. The molecule has 0 spiro atoms. The number of aromatic nitrogens is 4. The summed E-state index contributed by atoms with van der Waals surface area (Å²) in [5.41, 5.74) is -2.49. The van der Waals surface area contributed by atoms with E-state index < -0.39 is 62.7 Å². The Morgan fingerprint density at radius 3 is 2.51 bits per heavy atom. The largest absolute Gasteiger partial charge is 0.435 e. The van der Waals surface area contributed by atoms with E-state index in [1.54, 1.807) is 4.72 Å². The van der Waals surface area contributed by atoms with Gasteiger partial charge in [0.25, 0.3) is 0 Å². The molecule has 18 heteroatoms. The molecule has 10 nitrogen and oxygen atoms in total. The van der Waals surface area contributed by atoms with Crippen molar-refractivity contribution in [3.63, 3.8) is 0 Å². The van der Waals surface area contributed by atoms with E-state index in [4.69, 9.17) is 4.74 Å². The summed E-state index contributed by atoms with van der Waals surface area (Å²) in [5, 5.41) is 5.95. The quantitative estimate of drug-likeness (QED) is 0.164. The molecular weight excluding hydrogens is 635 g/mol. The van der Waals surface area contributed by atoms with Crippen molar-refractivity contribution in [1.29, 1.82) is 0 Å². The van der Waals surface area contributed by atoms with Crippen molar-refractivity contribution in [2.24, 2.45) is 0 Å². The van der Waals surface area contributed by atoms with Gasteiger partial charge in [-0.15, -0.1) is 0 Å². The third-order valence-corrected chi connectivity index (χ3v) is 7.62. The second-order valence-corrected chi connectivity index (χ2v) is 11.5. The van der Waals surface area contributed by atoms with Crippen LogP contribution in [0.25, 0.3) is 11.3 Å². The lowest BCUT2D eigenvalue weighted by Crippen LogP contribution is -2.44. The average Bonchev–Trinajstić information content (AvgIpc) is 2.98. The van der Waals surface area contributed by atoms with E-state index in [-0.39, 0.29) is 47.7 Å². The van der Waals surface area contributed by atoms with E-state index in [0.717, 1.165) is 6.07 Å². The number of hydrogen-bond donors (Lipinski definition) is 3. The molecule has 0 amide bonds. The number of nitrogens with zero attached hydrogens (tertiary/aromatic N) is 4. The van der Waals surface area contributed by atoms with Gasteiger partial charge in [-0.2, -0.15) is 17.6 Å². The number of alkyl halides is 4. The Morgan fingerprint density at radius 1 is 1.00 bits per heavy atom. The lowest BCUT2D eigenvalue weighted by Gasteiger charge is -2.26. The monoisotopic (exact) mass is 657 g/mol. The number of rotatable bonds is 9. The van der Waals surface area contributed by atoms with Crippen LogP contribution in [0.5, 0.6) is 11.6 Å². The van der Waals surface area contributed by atoms with E-state index in [2.05, 4.69) is 30.6 Å². The first-order chi connectivity index (χ1) is 21.3. The zero-order chi connectivity index (χ0) is 32.4. The third-order valence-electron chi connectivity index (χ3n) is 6.39. The van der Waals surface area contributed by atoms with Crippen LogP contribution in [0.4, 0.5) is 42.4 Å². The van der Waals surface area contributed by atoms with Crippen molar-refractivity contribution in [1.82, 2.24) is 25.3 Å². The van der Waals surface area contributed by atoms with E-state index in [1.807, 2.05) is 0 Å². The van der Waals surface area contributed by atoms with Crippen LogP contribution in [0.3, 0.4) is 0 Å². The van der Waals surface area contributed by atoms with Crippen LogP contribution in [0.2, 0.25) is 0 Å². The van der Waals surface area contributed by atoms with Gasteiger partial charge >= 0.3 is 6.18 Å². The maximum absolute atomic E-state index is 15.1. The fourth-order valence-corrected chi connectivity index (χ4v) is 5.54. The SMILES string of the molecule is O=S(=O)(Cc1ccc(C(F)(F)F)nc1)Nc1c(F)cc(Oc2ncccc2-c2ccnc(N[C@@H]3CNC[C@@H](F)C3)n2)c(F)c1F. The Labute approximate surface area is 251 Å². The molecule has 0 bridgehead atoms. The highest BCUT2D eigenvalue weighted by molar-refractivity contribution is 7.91. The van der Waals surface area contributed by atoms with E-state index >= 15 is 4.39 Å². The van der Waals surface area contributed by atoms with Crippen molar-refractivity contribution in [2.75, 3.05) is 23.1 Å². The molecular formula is C27H22F7N7O3S. The topological polar surface area (TPSA) is 131 Å². The Kier molecular flexibility index (Phi) is 9.06.